The topological polar surface area (TPSA) is 55.0 Å². The third-order valence-corrected chi connectivity index (χ3v) is 6.16. The molecule has 2 atom stereocenters. The summed E-state index contributed by atoms with van der Waals surface area (Å²) >= 11 is 6.04. The first-order chi connectivity index (χ1) is 15.6. The van der Waals surface area contributed by atoms with Gasteiger partial charge in [-0.05, 0) is 42.0 Å². The number of halogens is 2. The summed E-state index contributed by atoms with van der Waals surface area (Å²) in [6.45, 7) is 0. The molecule has 4 aromatic rings. The number of para-hydroxylation sites is 1. The molecule has 5 nitrogen and oxygen atoms in total. The summed E-state index contributed by atoms with van der Waals surface area (Å²) in [5, 5.41) is 7.45. The maximum atomic E-state index is 13.8. The van der Waals surface area contributed by atoms with E-state index in [2.05, 4.69) is 0 Å². The van der Waals surface area contributed by atoms with Gasteiger partial charge in [-0.15, -0.1) is 0 Å². The first-order valence-electron chi connectivity index (χ1n) is 10.2. The van der Waals surface area contributed by atoms with Crippen molar-refractivity contribution in [2.24, 2.45) is 5.10 Å². The van der Waals surface area contributed by atoms with Crippen molar-refractivity contribution in [3.8, 4) is 5.75 Å². The monoisotopic (exact) mass is 446 g/mol. The van der Waals surface area contributed by atoms with Gasteiger partial charge in [0, 0.05) is 17.0 Å². The van der Waals surface area contributed by atoms with E-state index in [1.165, 1.54) is 24.5 Å². The molecule has 0 fully saturated rings. The van der Waals surface area contributed by atoms with Crippen molar-refractivity contribution >= 4 is 28.3 Å². The number of ether oxygens (including phenoxy) is 1. The van der Waals surface area contributed by atoms with Gasteiger partial charge in [-0.2, -0.15) is 5.10 Å². The molecular weight excluding hydrogens is 431 g/mol. The highest BCUT2D eigenvalue weighted by molar-refractivity contribution is 6.30. The summed E-state index contributed by atoms with van der Waals surface area (Å²) in [7, 11) is 0. The van der Waals surface area contributed by atoms with E-state index in [0.717, 1.165) is 16.8 Å². The van der Waals surface area contributed by atoms with Crippen LogP contribution < -0.4 is 10.2 Å². The van der Waals surface area contributed by atoms with Crippen molar-refractivity contribution in [3.63, 3.8) is 0 Å². The fourth-order valence-electron chi connectivity index (χ4n) is 4.34. The normalized spacial score (nSPS) is 19.3. The fourth-order valence-corrected chi connectivity index (χ4v) is 4.47. The summed E-state index contributed by atoms with van der Waals surface area (Å²) in [6, 6.07) is 19.0. The van der Waals surface area contributed by atoms with Crippen LogP contribution in [0.4, 0.5) is 4.39 Å². The molecule has 6 rings (SSSR count). The number of fused-ring (bicyclic) bond motifs is 4. The molecule has 32 heavy (non-hydrogen) atoms. The van der Waals surface area contributed by atoms with Gasteiger partial charge in [0.15, 0.2) is 0 Å². The highest BCUT2D eigenvalue weighted by Crippen LogP contribution is 2.47. The lowest BCUT2D eigenvalue weighted by atomic mass is 9.96. The van der Waals surface area contributed by atoms with E-state index >= 15 is 0 Å². The van der Waals surface area contributed by atoms with E-state index in [9.17, 15) is 9.18 Å². The van der Waals surface area contributed by atoms with Gasteiger partial charge in [-0.3, -0.25) is 4.79 Å². The Morgan fingerprint density at radius 2 is 1.84 bits per heavy atom. The maximum absolute atomic E-state index is 13.8. The van der Waals surface area contributed by atoms with E-state index in [4.69, 9.17) is 25.9 Å². The third-order valence-electron chi connectivity index (χ3n) is 5.90. The molecule has 0 aliphatic carbocycles. The van der Waals surface area contributed by atoms with Crippen LogP contribution >= 0.6 is 11.6 Å². The zero-order valence-corrected chi connectivity index (χ0v) is 17.4. The van der Waals surface area contributed by atoms with E-state index in [-0.39, 0.29) is 22.4 Å². The number of rotatable bonds is 2. The number of hydrogen-bond acceptors (Lipinski definition) is 5. The maximum Gasteiger partial charge on any atom is 0.220 e. The standard InChI is InChI=1S/C25H16ClFN2O3/c26-15-7-5-14(6-8-15)20-12-21-17-3-1-2-4-23(17)32-25(29(21)28-20)19-13-31-22-10-9-16(27)11-18(22)24(19)30/h1-11,13,21,25H,12H2. The lowest BCUT2D eigenvalue weighted by Gasteiger charge is -2.37. The zero-order valence-electron chi connectivity index (χ0n) is 16.7. The van der Waals surface area contributed by atoms with Crippen LogP contribution in [0.15, 0.2) is 87.3 Å². The van der Waals surface area contributed by atoms with Crippen molar-refractivity contribution in [3.05, 3.63) is 111 Å². The Bertz CT molecular complexity index is 1450. The second-order valence-corrected chi connectivity index (χ2v) is 8.26. The highest BCUT2D eigenvalue weighted by atomic mass is 35.5. The van der Waals surface area contributed by atoms with Crippen LogP contribution in [0.1, 0.15) is 35.4 Å². The van der Waals surface area contributed by atoms with Crippen molar-refractivity contribution in [2.75, 3.05) is 0 Å². The van der Waals surface area contributed by atoms with Crippen LogP contribution in [0.2, 0.25) is 5.02 Å². The summed E-state index contributed by atoms with van der Waals surface area (Å²) in [5.74, 6) is 0.184. The molecule has 2 aliphatic heterocycles. The first-order valence-corrected chi connectivity index (χ1v) is 10.5. The smallest absolute Gasteiger partial charge is 0.220 e. The summed E-state index contributed by atoms with van der Waals surface area (Å²) in [4.78, 5) is 13.3. The zero-order chi connectivity index (χ0) is 21.8. The summed E-state index contributed by atoms with van der Waals surface area (Å²) in [5.41, 5.74) is 3.06. The molecule has 0 amide bonds. The van der Waals surface area contributed by atoms with Gasteiger partial charge in [0.05, 0.1) is 22.7 Å². The Morgan fingerprint density at radius 1 is 1.03 bits per heavy atom. The van der Waals surface area contributed by atoms with Crippen molar-refractivity contribution < 1.29 is 13.5 Å². The average molecular weight is 447 g/mol. The molecule has 0 N–H and O–H groups in total. The van der Waals surface area contributed by atoms with Crippen LogP contribution in [-0.2, 0) is 0 Å². The highest BCUT2D eigenvalue weighted by Gasteiger charge is 2.42. The van der Waals surface area contributed by atoms with Gasteiger partial charge in [0.25, 0.3) is 0 Å². The van der Waals surface area contributed by atoms with Crippen LogP contribution in [0.3, 0.4) is 0 Å². The van der Waals surface area contributed by atoms with Gasteiger partial charge in [-0.1, -0.05) is 41.9 Å². The Morgan fingerprint density at radius 3 is 2.69 bits per heavy atom. The first kappa shape index (κ1) is 19.1. The molecule has 0 spiro atoms. The molecule has 1 aromatic heterocycles. The largest absolute Gasteiger partial charge is 0.464 e. The summed E-state index contributed by atoms with van der Waals surface area (Å²) in [6.07, 6.45) is 1.23. The number of hydrazone groups is 1. The molecule has 0 saturated heterocycles. The van der Waals surface area contributed by atoms with E-state index < -0.39 is 12.0 Å². The third kappa shape index (κ3) is 2.99. The second-order valence-electron chi connectivity index (χ2n) is 7.82. The van der Waals surface area contributed by atoms with E-state index in [1.807, 2.05) is 48.5 Å². The predicted molar refractivity (Wildman–Crippen MR) is 119 cm³/mol. The average Bonchev–Trinajstić information content (AvgIpc) is 3.26. The molecule has 2 unspecified atom stereocenters. The van der Waals surface area contributed by atoms with Gasteiger partial charge in [0.2, 0.25) is 11.7 Å². The Kier molecular flexibility index (Phi) is 4.30. The molecule has 3 aromatic carbocycles. The second kappa shape index (κ2) is 7.21. The molecule has 7 heteroatoms. The molecule has 0 saturated carbocycles. The van der Waals surface area contributed by atoms with Gasteiger partial charge < -0.3 is 9.15 Å². The van der Waals surface area contributed by atoms with Gasteiger partial charge in [-0.25, -0.2) is 9.40 Å². The summed E-state index contributed by atoms with van der Waals surface area (Å²) < 4.78 is 25.7. The van der Waals surface area contributed by atoms with Crippen molar-refractivity contribution in [1.82, 2.24) is 5.01 Å². The lowest BCUT2D eigenvalue weighted by Crippen LogP contribution is -2.36. The van der Waals surface area contributed by atoms with Gasteiger partial charge in [0.1, 0.15) is 23.4 Å². The molecule has 0 bridgehead atoms. The van der Waals surface area contributed by atoms with E-state index in [0.29, 0.717) is 22.8 Å². The van der Waals surface area contributed by atoms with Crippen LogP contribution in [0.25, 0.3) is 11.0 Å². The van der Waals surface area contributed by atoms with Gasteiger partial charge >= 0.3 is 0 Å². The predicted octanol–water partition coefficient (Wildman–Crippen LogP) is 5.83. The van der Waals surface area contributed by atoms with Crippen LogP contribution in [0.5, 0.6) is 5.75 Å². The fraction of sp³-hybridized carbons (Fsp3) is 0.120. The Balaban J connectivity index is 1.50. The molecule has 3 heterocycles. The molecule has 158 valence electrons. The number of hydrogen-bond donors (Lipinski definition) is 0. The molecular formula is C25H16ClFN2O3. The number of benzene rings is 3. The molecule has 0 radical (unpaired) electrons. The lowest BCUT2D eigenvalue weighted by molar-refractivity contribution is -0.0205. The SMILES string of the molecule is O=c1c(C2Oc3ccccc3C3CC(c4ccc(Cl)cc4)=NN32)coc2ccc(F)cc12. The molecule has 2 aliphatic rings. The minimum absolute atomic E-state index is 0.113. The number of nitrogens with zero attached hydrogens (tertiary/aromatic N) is 2. The van der Waals surface area contributed by atoms with E-state index in [1.54, 1.807) is 5.01 Å². The quantitative estimate of drug-likeness (QED) is 0.389. The van der Waals surface area contributed by atoms with Crippen LogP contribution in [0, 0.1) is 5.82 Å². The van der Waals surface area contributed by atoms with Crippen LogP contribution in [-0.4, -0.2) is 10.7 Å². The van der Waals surface area contributed by atoms with Crippen molar-refractivity contribution in [1.29, 1.82) is 0 Å². The minimum Gasteiger partial charge on any atom is -0.464 e. The Labute approximate surface area is 187 Å². The van der Waals surface area contributed by atoms with Crippen molar-refractivity contribution in [2.45, 2.75) is 18.7 Å². The Hall–Kier alpha value is -3.64. The minimum atomic E-state index is -0.802.